The van der Waals surface area contributed by atoms with Gasteiger partial charge in [0, 0.05) is 30.2 Å². The SMILES string of the molecule is CCc1cc(C(F)(F)F)n2nc([C@@H]3CCCCN3C(=O)Cc3ccccn3)cc2n1. The van der Waals surface area contributed by atoms with E-state index >= 15 is 0 Å². The van der Waals surface area contributed by atoms with E-state index in [9.17, 15) is 18.0 Å². The van der Waals surface area contributed by atoms with Crippen molar-refractivity contribution in [1.82, 2.24) is 24.5 Å². The fourth-order valence-corrected chi connectivity index (χ4v) is 3.89. The maximum atomic E-state index is 13.6. The van der Waals surface area contributed by atoms with Gasteiger partial charge in [0.1, 0.15) is 5.69 Å². The number of aromatic nitrogens is 4. The van der Waals surface area contributed by atoms with E-state index in [-0.39, 0.29) is 24.0 Å². The number of carbonyl (C=O) groups excluding carboxylic acids is 1. The second kappa shape index (κ2) is 8.04. The molecule has 0 unspecified atom stereocenters. The second-order valence-corrected chi connectivity index (χ2v) is 7.42. The van der Waals surface area contributed by atoms with Gasteiger partial charge in [0.05, 0.1) is 18.2 Å². The van der Waals surface area contributed by atoms with E-state index in [0.717, 1.165) is 23.4 Å². The number of alkyl halides is 3. The van der Waals surface area contributed by atoms with Crippen LogP contribution in [0.1, 0.15) is 55.0 Å². The second-order valence-electron chi connectivity index (χ2n) is 7.42. The molecular formula is C21H22F3N5O. The topological polar surface area (TPSA) is 63.4 Å². The third-order valence-corrected chi connectivity index (χ3v) is 5.37. The monoisotopic (exact) mass is 417 g/mol. The van der Waals surface area contributed by atoms with E-state index in [1.807, 2.05) is 6.07 Å². The number of likely N-dealkylation sites (tertiary alicyclic amines) is 1. The lowest BCUT2D eigenvalue weighted by Gasteiger charge is -2.34. The first-order valence-electron chi connectivity index (χ1n) is 10.0. The number of amides is 1. The molecule has 4 rings (SSSR count). The summed E-state index contributed by atoms with van der Waals surface area (Å²) < 4.78 is 41.6. The summed E-state index contributed by atoms with van der Waals surface area (Å²) in [6, 6.07) is 7.63. The first-order chi connectivity index (χ1) is 14.4. The molecule has 1 aliphatic rings. The van der Waals surface area contributed by atoms with Crippen molar-refractivity contribution in [2.24, 2.45) is 0 Å². The minimum absolute atomic E-state index is 0.103. The third-order valence-electron chi connectivity index (χ3n) is 5.37. The summed E-state index contributed by atoms with van der Waals surface area (Å²) in [4.78, 5) is 23.2. The van der Waals surface area contributed by atoms with Crippen LogP contribution in [0.3, 0.4) is 0 Å². The molecule has 1 amide bonds. The van der Waals surface area contributed by atoms with E-state index in [1.54, 1.807) is 36.2 Å². The van der Waals surface area contributed by atoms with E-state index in [2.05, 4.69) is 15.1 Å². The molecule has 0 radical (unpaired) electrons. The largest absolute Gasteiger partial charge is 0.433 e. The predicted octanol–water partition coefficient (Wildman–Crippen LogP) is 4.00. The number of piperidine rings is 1. The van der Waals surface area contributed by atoms with E-state index in [1.165, 1.54) is 0 Å². The molecule has 1 saturated heterocycles. The van der Waals surface area contributed by atoms with Gasteiger partial charge in [-0.3, -0.25) is 9.78 Å². The van der Waals surface area contributed by atoms with Crippen molar-refractivity contribution in [3.63, 3.8) is 0 Å². The third kappa shape index (κ3) is 4.01. The fraction of sp³-hybridized carbons (Fsp3) is 0.429. The van der Waals surface area contributed by atoms with Crippen LogP contribution in [-0.2, 0) is 23.8 Å². The summed E-state index contributed by atoms with van der Waals surface area (Å²) in [5.74, 6) is -0.103. The Kier molecular flexibility index (Phi) is 5.44. The van der Waals surface area contributed by atoms with E-state index in [0.29, 0.717) is 36.5 Å². The Morgan fingerprint density at radius 2 is 2.03 bits per heavy atom. The highest BCUT2D eigenvalue weighted by atomic mass is 19.4. The van der Waals surface area contributed by atoms with Crippen LogP contribution in [0.15, 0.2) is 36.5 Å². The highest BCUT2D eigenvalue weighted by Gasteiger charge is 2.36. The minimum atomic E-state index is -4.55. The van der Waals surface area contributed by atoms with Gasteiger partial charge < -0.3 is 4.90 Å². The van der Waals surface area contributed by atoms with Crippen molar-refractivity contribution in [2.45, 2.75) is 51.2 Å². The molecule has 1 atom stereocenters. The molecule has 0 saturated carbocycles. The van der Waals surface area contributed by atoms with Crippen LogP contribution >= 0.6 is 0 Å². The van der Waals surface area contributed by atoms with Crippen molar-refractivity contribution >= 4 is 11.6 Å². The number of nitrogens with zero attached hydrogens (tertiary/aromatic N) is 5. The Labute approximate surface area is 171 Å². The quantitative estimate of drug-likeness (QED) is 0.644. The summed E-state index contributed by atoms with van der Waals surface area (Å²) in [7, 11) is 0. The summed E-state index contributed by atoms with van der Waals surface area (Å²) in [6.07, 6.45) is 0.00777. The van der Waals surface area contributed by atoms with E-state index in [4.69, 9.17) is 0 Å². The summed E-state index contributed by atoms with van der Waals surface area (Å²) in [5.41, 5.74) is 0.760. The lowest BCUT2D eigenvalue weighted by Crippen LogP contribution is -2.39. The lowest BCUT2D eigenvalue weighted by molar-refractivity contribution is -0.143. The lowest BCUT2D eigenvalue weighted by atomic mass is 9.98. The standard InChI is InChI=1S/C21H22F3N5O/c1-2-14-11-18(21(22,23)24)29-19(26-14)13-16(27-29)17-8-4-6-10-28(17)20(30)12-15-7-3-5-9-25-15/h3,5,7,9,11,13,17H,2,4,6,8,10,12H2,1H3/t17-/m0/s1. The van der Waals surface area contributed by atoms with Gasteiger partial charge >= 0.3 is 6.18 Å². The number of hydrogen-bond acceptors (Lipinski definition) is 4. The van der Waals surface area contributed by atoms with Crippen LogP contribution in [0.4, 0.5) is 13.2 Å². The highest BCUT2D eigenvalue weighted by molar-refractivity contribution is 5.79. The van der Waals surface area contributed by atoms with Gasteiger partial charge in [0.15, 0.2) is 5.65 Å². The maximum absolute atomic E-state index is 13.6. The average Bonchev–Trinajstić information content (AvgIpc) is 3.16. The molecule has 3 aromatic heterocycles. The zero-order valence-electron chi connectivity index (χ0n) is 16.6. The Bertz CT molecular complexity index is 1050. The summed E-state index contributed by atoms with van der Waals surface area (Å²) in [6.45, 7) is 2.30. The number of rotatable bonds is 4. The van der Waals surface area contributed by atoms with Crippen molar-refractivity contribution in [1.29, 1.82) is 0 Å². The minimum Gasteiger partial charge on any atom is -0.334 e. The average molecular weight is 417 g/mol. The van der Waals surface area contributed by atoms with Gasteiger partial charge in [-0.1, -0.05) is 13.0 Å². The number of hydrogen-bond donors (Lipinski definition) is 0. The number of fused-ring (bicyclic) bond motifs is 1. The van der Waals surface area contributed by atoms with E-state index < -0.39 is 11.9 Å². The Morgan fingerprint density at radius 3 is 2.73 bits per heavy atom. The van der Waals surface area contributed by atoms with Crippen molar-refractivity contribution in [3.8, 4) is 0 Å². The smallest absolute Gasteiger partial charge is 0.334 e. The molecule has 6 nitrogen and oxygen atoms in total. The number of halogens is 3. The van der Waals surface area contributed by atoms with Crippen LogP contribution < -0.4 is 0 Å². The summed E-state index contributed by atoms with van der Waals surface area (Å²) >= 11 is 0. The van der Waals surface area contributed by atoms with Gasteiger partial charge in [0.2, 0.25) is 5.91 Å². The predicted molar refractivity (Wildman–Crippen MR) is 104 cm³/mol. The number of pyridine rings is 1. The van der Waals surface area contributed by atoms with Crippen LogP contribution in [-0.4, -0.2) is 36.9 Å². The molecule has 158 valence electrons. The maximum Gasteiger partial charge on any atom is 0.433 e. The first-order valence-corrected chi connectivity index (χ1v) is 10.0. The summed E-state index contributed by atoms with van der Waals surface area (Å²) in [5, 5.41) is 4.24. The molecule has 30 heavy (non-hydrogen) atoms. The van der Waals surface area contributed by atoms with Crippen LogP contribution in [0.5, 0.6) is 0 Å². The van der Waals surface area contributed by atoms with Gasteiger partial charge in [0.25, 0.3) is 0 Å². The van der Waals surface area contributed by atoms with Crippen LogP contribution in [0.2, 0.25) is 0 Å². The first kappa shape index (κ1) is 20.3. The van der Waals surface area contributed by atoms with Gasteiger partial charge in [-0.15, -0.1) is 0 Å². The molecule has 4 heterocycles. The van der Waals surface area contributed by atoms with Crippen LogP contribution in [0, 0.1) is 0 Å². The normalized spacial score (nSPS) is 17.5. The van der Waals surface area contributed by atoms with Crippen molar-refractivity contribution in [3.05, 3.63) is 59.3 Å². The zero-order chi connectivity index (χ0) is 21.3. The number of carbonyl (C=O) groups is 1. The van der Waals surface area contributed by atoms with Gasteiger partial charge in [-0.25, -0.2) is 9.50 Å². The molecular weight excluding hydrogens is 395 g/mol. The molecule has 1 fully saturated rings. The Hall–Kier alpha value is -2.97. The van der Waals surface area contributed by atoms with Crippen molar-refractivity contribution < 1.29 is 18.0 Å². The van der Waals surface area contributed by atoms with Gasteiger partial charge in [-0.2, -0.15) is 18.3 Å². The van der Waals surface area contributed by atoms with Gasteiger partial charge in [-0.05, 0) is 43.9 Å². The molecule has 9 heteroatoms. The highest BCUT2D eigenvalue weighted by Crippen LogP contribution is 2.34. The molecule has 1 aliphatic heterocycles. The molecule has 0 aromatic carbocycles. The van der Waals surface area contributed by atoms with Crippen LogP contribution in [0.25, 0.3) is 5.65 Å². The molecule has 0 spiro atoms. The Morgan fingerprint density at radius 1 is 1.20 bits per heavy atom. The Balaban J connectivity index is 1.69. The zero-order valence-corrected chi connectivity index (χ0v) is 16.6. The van der Waals surface area contributed by atoms with Crippen molar-refractivity contribution in [2.75, 3.05) is 6.54 Å². The molecule has 3 aromatic rings. The molecule has 0 bridgehead atoms. The molecule has 0 N–H and O–H groups in total. The fourth-order valence-electron chi connectivity index (χ4n) is 3.89. The number of aryl methyl sites for hydroxylation is 1. The molecule has 0 aliphatic carbocycles.